The molecule has 0 aliphatic carbocycles. The summed E-state index contributed by atoms with van der Waals surface area (Å²) < 4.78 is 0. The van der Waals surface area contributed by atoms with Crippen LogP contribution in [0.25, 0.3) is 0 Å². The maximum absolute atomic E-state index is 4.27. The van der Waals surface area contributed by atoms with Crippen LogP contribution in [-0.4, -0.2) is 9.97 Å². The van der Waals surface area contributed by atoms with Gasteiger partial charge in [0.05, 0.1) is 6.04 Å². The Labute approximate surface area is 109 Å². The predicted octanol–water partition coefficient (Wildman–Crippen LogP) is 3.19. The van der Waals surface area contributed by atoms with Crippen LogP contribution in [0.5, 0.6) is 0 Å². The quantitative estimate of drug-likeness (QED) is 0.866. The maximum atomic E-state index is 4.27. The van der Waals surface area contributed by atoms with Crippen LogP contribution in [0.3, 0.4) is 0 Å². The van der Waals surface area contributed by atoms with Crippen molar-refractivity contribution in [2.24, 2.45) is 0 Å². The van der Waals surface area contributed by atoms with Crippen molar-refractivity contribution in [3.05, 3.63) is 52.6 Å². The van der Waals surface area contributed by atoms with E-state index in [2.05, 4.69) is 55.1 Å². The highest BCUT2D eigenvalue weighted by Gasteiger charge is 2.09. The number of imidazole rings is 1. The molecule has 3 nitrogen and oxygen atoms in total. The first-order valence-corrected chi connectivity index (χ1v) is 6.37. The topological polar surface area (TPSA) is 40.7 Å². The van der Waals surface area contributed by atoms with Gasteiger partial charge in [0.25, 0.3) is 0 Å². The number of aryl methyl sites for hydroxylation is 3. The van der Waals surface area contributed by atoms with E-state index in [9.17, 15) is 0 Å². The summed E-state index contributed by atoms with van der Waals surface area (Å²) in [7, 11) is 0. The number of nitrogens with one attached hydrogen (secondary N) is 2. The van der Waals surface area contributed by atoms with E-state index in [0.717, 1.165) is 12.4 Å². The Morgan fingerprint density at radius 1 is 1.22 bits per heavy atom. The number of benzene rings is 1. The molecule has 2 N–H and O–H groups in total. The van der Waals surface area contributed by atoms with Crippen LogP contribution in [0.4, 0.5) is 0 Å². The Bertz CT molecular complexity index is 492. The minimum Gasteiger partial charge on any atom is -0.347 e. The largest absolute Gasteiger partial charge is 0.347 e. The van der Waals surface area contributed by atoms with Gasteiger partial charge >= 0.3 is 0 Å². The van der Waals surface area contributed by atoms with Crippen LogP contribution >= 0.6 is 0 Å². The standard InChI is InChI=1S/C15H21N3/c1-10-7-11(2)14(12(3)8-10)9-18-13(4)15-16-5-6-17-15/h5-8,13,18H,9H2,1-4H3,(H,16,17). The lowest BCUT2D eigenvalue weighted by Crippen LogP contribution is -2.20. The molecule has 1 heterocycles. The van der Waals surface area contributed by atoms with E-state index in [-0.39, 0.29) is 6.04 Å². The van der Waals surface area contributed by atoms with Crippen LogP contribution < -0.4 is 5.32 Å². The normalized spacial score (nSPS) is 12.7. The zero-order valence-electron chi connectivity index (χ0n) is 11.5. The van der Waals surface area contributed by atoms with Gasteiger partial charge in [0.2, 0.25) is 0 Å². The molecule has 1 aromatic carbocycles. The average molecular weight is 243 g/mol. The molecule has 0 saturated heterocycles. The van der Waals surface area contributed by atoms with Crippen molar-refractivity contribution >= 4 is 0 Å². The lowest BCUT2D eigenvalue weighted by atomic mass is 9.99. The molecular formula is C15H21N3. The van der Waals surface area contributed by atoms with Crippen molar-refractivity contribution in [1.29, 1.82) is 0 Å². The van der Waals surface area contributed by atoms with Crippen LogP contribution in [0.15, 0.2) is 24.5 Å². The number of hydrogen-bond acceptors (Lipinski definition) is 2. The number of aromatic nitrogens is 2. The molecule has 96 valence electrons. The van der Waals surface area contributed by atoms with Crippen LogP contribution in [0.2, 0.25) is 0 Å². The summed E-state index contributed by atoms with van der Waals surface area (Å²) in [4.78, 5) is 7.41. The van der Waals surface area contributed by atoms with E-state index >= 15 is 0 Å². The third kappa shape index (κ3) is 2.79. The summed E-state index contributed by atoms with van der Waals surface area (Å²) in [6, 6.07) is 4.71. The van der Waals surface area contributed by atoms with Crippen molar-refractivity contribution in [2.45, 2.75) is 40.3 Å². The van der Waals surface area contributed by atoms with E-state index in [1.54, 1.807) is 6.20 Å². The molecule has 0 aliphatic heterocycles. The van der Waals surface area contributed by atoms with E-state index in [1.807, 2.05) is 6.20 Å². The van der Waals surface area contributed by atoms with Gasteiger partial charge in [0.15, 0.2) is 0 Å². The zero-order valence-corrected chi connectivity index (χ0v) is 11.5. The lowest BCUT2D eigenvalue weighted by molar-refractivity contribution is 0.548. The van der Waals surface area contributed by atoms with Gasteiger partial charge < -0.3 is 10.3 Å². The van der Waals surface area contributed by atoms with Crippen molar-refractivity contribution in [3.8, 4) is 0 Å². The number of H-pyrrole nitrogens is 1. The summed E-state index contributed by atoms with van der Waals surface area (Å²) in [5.41, 5.74) is 5.42. The highest BCUT2D eigenvalue weighted by Crippen LogP contribution is 2.17. The summed E-state index contributed by atoms with van der Waals surface area (Å²) in [5.74, 6) is 0.984. The Balaban J connectivity index is 2.07. The third-order valence-corrected chi connectivity index (χ3v) is 3.35. The van der Waals surface area contributed by atoms with Gasteiger partial charge in [0, 0.05) is 18.9 Å². The Morgan fingerprint density at radius 3 is 2.44 bits per heavy atom. The average Bonchev–Trinajstić information content (AvgIpc) is 2.80. The molecule has 0 bridgehead atoms. The molecule has 18 heavy (non-hydrogen) atoms. The number of nitrogens with zero attached hydrogens (tertiary/aromatic N) is 1. The number of rotatable bonds is 4. The van der Waals surface area contributed by atoms with Crippen molar-refractivity contribution in [1.82, 2.24) is 15.3 Å². The first kappa shape index (κ1) is 12.8. The second-order valence-corrected chi connectivity index (χ2v) is 4.95. The van der Waals surface area contributed by atoms with Crippen molar-refractivity contribution in [3.63, 3.8) is 0 Å². The fraction of sp³-hybridized carbons (Fsp3) is 0.400. The minimum absolute atomic E-state index is 0.236. The van der Waals surface area contributed by atoms with Gasteiger partial charge in [-0.25, -0.2) is 4.98 Å². The molecule has 0 saturated carbocycles. The first-order chi connectivity index (χ1) is 8.58. The Hall–Kier alpha value is -1.61. The zero-order chi connectivity index (χ0) is 13.1. The lowest BCUT2D eigenvalue weighted by Gasteiger charge is -2.15. The van der Waals surface area contributed by atoms with Gasteiger partial charge in [-0.2, -0.15) is 0 Å². The monoisotopic (exact) mass is 243 g/mol. The summed E-state index contributed by atoms with van der Waals surface area (Å²) >= 11 is 0. The smallest absolute Gasteiger partial charge is 0.122 e. The Morgan fingerprint density at radius 2 is 1.89 bits per heavy atom. The molecule has 1 unspecified atom stereocenters. The Kier molecular flexibility index (Phi) is 3.82. The van der Waals surface area contributed by atoms with E-state index < -0.39 is 0 Å². The number of hydrogen-bond donors (Lipinski definition) is 2. The highest BCUT2D eigenvalue weighted by molar-refractivity contribution is 5.37. The minimum atomic E-state index is 0.236. The van der Waals surface area contributed by atoms with Gasteiger partial charge in [-0.05, 0) is 44.4 Å². The SMILES string of the molecule is Cc1cc(C)c(CNC(C)c2ncc[nH]2)c(C)c1. The molecular weight excluding hydrogens is 222 g/mol. The van der Waals surface area contributed by atoms with E-state index in [0.29, 0.717) is 0 Å². The van der Waals surface area contributed by atoms with Crippen LogP contribution in [0.1, 0.15) is 41.0 Å². The molecule has 2 rings (SSSR count). The van der Waals surface area contributed by atoms with E-state index in [1.165, 1.54) is 22.3 Å². The number of aromatic amines is 1. The fourth-order valence-corrected chi connectivity index (χ4v) is 2.35. The maximum Gasteiger partial charge on any atom is 0.122 e. The molecule has 0 fully saturated rings. The van der Waals surface area contributed by atoms with Crippen LogP contribution in [-0.2, 0) is 6.54 Å². The second kappa shape index (κ2) is 5.36. The molecule has 1 atom stereocenters. The molecule has 0 radical (unpaired) electrons. The molecule has 0 spiro atoms. The summed E-state index contributed by atoms with van der Waals surface area (Å²) in [6.45, 7) is 9.49. The highest BCUT2D eigenvalue weighted by atomic mass is 15.0. The van der Waals surface area contributed by atoms with Crippen molar-refractivity contribution < 1.29 is 0 Å². The second-order valence-electron chi connectivity index (χ2n) is 4.95. The summed E-state index contributed by atoms with van der Waals surface area (Å²) in [5, 5.41) is 3.51. The molecule has 1 aromatic heterocycles. The van der Waals surface area contributed by atoms with Crippen molar-refractivity contribution in [2.75, 3.05) is 0 Å². The van der Waals surface area contributed by atoms with Crippen LogP contribution in [0, 0.1) is 20.8 Å². The molecule has 0 amide bonds. The van der Waals surface area contributed by atoms with E-state index in [4.69, 9.17) is 0 Å². The third-order valence-electron chi connectivity index (χ3n) is 3.35. The molecule has 3 heteroatoms. The fourth-order valence-electron chi connectivity index (χ4n) is 2.35. The first-order valence-electron chi connectivity index (χ1n) is 6.37. The molecule has 2 aromatic rings. The van der Waals surface area contributed by atoms with Gasteiger partial charge in [-0.3, -0.25) is 0 Å². The predicted molar refractivity (Wildman–Crippen MR) is 74.5 cm³/mol. The van der Waals surface area contributed by atoms with Gasteiger partial charge in [-0.15, -0.1) is 0 Å². The van der Waals surface area contributed by atoms with Gasteiger partial charge in [0.1, 0.15) is 5.82 Å². The molecule has 0 aliphatic rings. The summed E-state index contributed by atoms with van der Waals surface area (Å²) in [6.07, 6.45) is 3.64. The van der Waals surface area contributed by atoms with Gasteiger partial charge in [-0.1, -0.05) is 17.7 Å².